The van der Waals surface area contributed by atoms with Gasteiger partial charge in [-0.15, -0.1) is 0 Å². The van der Waals surface area contributed by atoms with Crippen LogP contribution in [0.15, 0.2) is 30.9 Å². The Morgan fingerprint density at radius 2 is 2.08 bits per heavy atom. The first kappa shape index (κ1) is 18.5. The summed E-state index contributed by atoms with van der Waals surface area (Å²) in [5.41, 5.74) is 5.53. The monoisotopic (exact) mass is 346 g/mol. The largest absolute Gasteiger partial charge is 0.493 e. The van der Waals surface area contributed by atoms with Crippen molar-refractivity contribution in [3.05, 3.63) is 36.4 Å². The SMILES string of the molecule is C=CCOc1cc(C(=O)C(=O)N2CCCCC2C(N)=O)ccc1OC. The van der Waals surface area contributed by atoms with Gasteiger partial charge < -0.3 is 20.1 Å². The highest BCUT2D eigenvalue weighted by atomic mass is 16.5. The molecule has 2 N–H and O–H groups in total. The Hall–Kier alpha value is -2.83. The Bertz CT molecular complexity index is 686. The first-order chi connectivity index (χ1) is 12.0. The zero-order valence-electron chi connectivity index (χ0n) is 14.2. The molecule has 0 radical (unpaired) electrons. The number of amides is 2. The number of nitrogens with zero attached hydrogens (tertiary/aromatic N) is 1. The lowest BCUT2D eigenvalue weighted by molar-refractivity contribution is -0.137. The molecular weight excluding hydrogens is 324 g/mol. The highest BCUT2D eigenvalue weighted by Crippen LogP contribution is 2.29. The third-order valence-electron chi connectivity index (χ3n) is 4.07. The van der Waals surface area contributed by atoms with E-state index in [-0.39, 0.29) is 12.2 Å². The number of carbonyl (C=O) groups excluding carboxylic acids is 3. The predicted octanol–water partition coefficient (Wildman–Crippen LogP) is 1.31. The van der Waals surface area contributed by atoms with Crippen molar-refractivity contribution in [3.8, 4) is 11.5 Å². The van der Waals surface area contributed by atoms with E-state index in [1.165, 1.54) is 24.1 Å². The number of carbonyl (C=O) groups is 3. The van der Waals surface area contributed by atoms with Gasteiger partial charge in [0, 0.05) is 12.1 Å². The molecule has 7 nitrogen and oxygen atoms in total. The second kappa shape index (κ2) is 8.32. The predicted molar refractivity (Wildman–Crippen MR) is 91.6 cm³/mol. The summed E-state index contributed by atoms with van der Waals surface area (Å²) < 4.78 is 10.6. The zero-order chi connectivity index (χ0) is 18.4. The number of hydrogen-bond donors (Lipinski definition) is 1. The molecule has 1 aliphatic heterocycles. The van der Waals surface area contributed by atoms with Crippen LogP contribution < -0.4 is 15.2 Å². The Morgan fingerprint density at radius 3 is 2.72 bits per heavy atom. The molecule has 1 aromatic rings. The van der Waals surface area contributed by atoms with E-state index in [0.717, 1.165) is 12.8 Å². The summed E-state index contributed by atoms with van der Waals surface area (Å²) in [6, 6.07) is 3.76. The number of piperidine rings is 1. The first-order valence-electron chi connectivity index (χ1n) is 8.06. The number of primary amides is 1. The van der Waals surface area contributed by atoms with Gasteiger partial charge in [0.1, 0.15) is 12.6 Å². The number of benzene rings is 1. The molecule has 1 unspecified atom stereocenters. The van der Waals surface area contributed by atoms with Gasteiger partial charge in [0.05, 0.1) is 7.11 Å². The van der Waals surface area contributed by atoms with Crippen LogP contribution in [0.4, 0.5) is 0 Å². The maximum Gasteiger partial charge on any atom is 0.295 e. The molecule has 0 saturated carbocycles. The summed E-state index contributed by atoms with van der Waals surface area (Å²) in [7, 11) is 1.48. The van der Waals surface area contributed by atoms with Crippen LogP contribution in [-0.2, 0) is 9.59 Å². The molecule has 0 aromatic heterocycles. The lowest BCUT2D eigenvalue weighted by Gasteiger charge is -2.33. The van der Waals surface area contributed by atoms with Crippen molar-refractivity contribution < 1.29 is 23.9 Å². The second-order valence-electron chi connectivity index (χ2n) is 5.71. The van der Waals surface area contributed by atoms with E-state index in [9.17, 15) is 14.4 Å². The summed E-state index contributed by atoms with van der Waals surface area (Å²) in [6.45, 7) is 4.14. The average Bonchev–Trinajstić information content (AvgIpc) is 2.64. The summed E-state index contributed by atoms with van der Waals surface area (Å²) in [5, 5.41) is 0. The third-order valence-corrected chi connectivity index (χ3v) is 4.07. The Morgan fingerprint density at radius 1 is 1.32 bits per heavy atom. The van der Waals surface area contributed by atoms with Gasteiger partial charge in [-0.2, -0.15) is 0 Å². The number of ether oxygens (including phenoxy) is 2. The lowest BCUT2D eigenvalue weighted by Crippen LogP contribution is -2.52. The van der Waals surface area contributed by atoms with Gasteiger partial charge in [-0.1, -0.05) is 12.7 Å². The molecule has 25 heavy (non-hydrogen) atoms. The molecule has 1 fully saturated rings. The maximum atomic E-state index is 12.6. The van der Waals surface area contributed by atoms with E-state index in [2.05, 4.69) is 6.58 Å². The van der Waals surface area contributed by atoms with Crippen LogP contribution in [0, 0.1) is 0 Å². The smallest absolute Gasteiger partial charge is 0.295 e. The van der Waals surface area contributed by atoms with Crippen LogP contribution in [0.3, 0.4) is 0 Å². The summed E-state index contributed by atoms with van der Waals surface area (Å²) in [5.74, 6) is -1.25. The number of likely N-dealkylation sites (tertiary alicyclic amines) is 1. The number of ketones is 1. The van der Waals surface area contributed by atoms with Gasteiger partial charge in [-0.25, -0.2) is 0 Å². The summed E-state index contributed by atoms with van der Waals surface area (Å²) in [4.78, 5) is 38.0. The van der Waals surface area contributed by atoms with Crippen LogP contribution in [-0.4, -0.2) is 48.8 Å². The van der Waals surface area contributed by atoms with Gasteiger partial charge in [0.25, 0.3) is 11.7 Å². The topological polar surface area (TPSA) is 98.9 Å². The van der Waals surface area contributed by atoms with Crippen molar-refractivity contribution in [2.45, 2.75) is 25.3 Å². The molecule has 2 rings (SSSR count). The lowest BCUT2D eigenvalue weighted by atomic mass is 10.00. The Labute approximate surface area is 146 Å². The van der Waals surface area contributed by atoms with E-state index in [4.69, 9.17) is 15.2 Å². The number of rotatable bonds is 7. The van der Waals surface area contributed by atoms with Crippen molar-refractivity contribution in [2.75, 3.05) is 20.3 Å². The van der Waals surface area contributed by atoms with Crippen molar-refractivity contribution in [2.24, 2.45) is 5.73 Å². The molecule has 1 aromatic carbocycles. The molecule has 2 amide bonds. The zero-order valence-corrected chi connectivity index (χ0v) is 14.2. The fourth-order valence-electron chi connectivity index (χ4n) is 2.80. The molecule has 7 heteroatoms. The van der Waals surface area contributed by atoms with Crippen LogP contribution in [0.5, 0.6) is 11.5 Å². The van der Waals surface area contributed by atoms with E-state index in [1.54, 1.807) is 12.1 Å². The number of nitrogens with two attached hydrogens (primary N) is 1. The van der Waals surface area contributed by atoms with E-state index < -0.39 is 23.6 Å². The van der Waals surface area contributed by atoms with Gasteiger partial charge in [0.15, 0.2) is 11.5 Å². The van der Waals surface area contributed by atoms with Gasteiger partial charge in [0.2, 0.25) is 5.91 Å². The van der Waals surface area contributed by atoms with Crippen molar-refractivity contribution in [3.63, 3.8) is 0 Å². The average molecular weight is 346 g/mol. The number of Topliss-reactive ketones (excluding diaryl/α,β-unsaturated/α-hetero) is 1. The molecular formula is C18H22N2O5. The molecule has 0 spiro atoms. The molecule has 1 aliphatic rings. The molecule has 134 valence electrons. The van der Waals surface area contributed by atoms with Crippen molar-refractivity contribution in [1.82, 2.24) is 4.90 Å². The fourth-order valence-corrected chi connectivity index (χ4v) is 2.80. The second-order valence-corrected chi connectivity index (χ2v) is 5.71. The molecule has 1 saturated heterocycles. The normalized spacial score (nSPS) is 16.8. The van der Waals surface area contributed by atoms with Crippen LogP contribution in [0.1, 0.15) is 29.6 Å². The van der Waals surface area contributed by atoms with Crippen LogP contribution in [0.25, 0.3) is 0 Å². The third kappa shape index (κ3) is 4.17. The Balaban J connectivity index is 2.25. The van der Waals surface area contributed by atoms with E-state index >= 15 is 0 Å². The fraction of sp³-hybridized carbons (Fsp3) is 0.389. The number of methoxy groups -OCH3 is 1. The van der Waals surface area contributed by atoms with Crippen LogP contribution in [0.2, 0.25) is 0 Å². The molecule has 0 aliphatic carbocycles. The van der Waals surface area contributed by atoms with Gasteiger partial charge in [-0.05, 0) is 37.5 Å². The first-order valence-corrected chi connectivity index (χ1v) is 8.06. The van der Waals surface area contributed by atoms with Crippen molar-refractivity contribution >= 4 is 17.6 Å². The highest BCUT2D eigenvalue weighted by Gasteiger charge is 2.34. The summed E-state index contributed by atoms with van der Waals surface area (Å²) in [6.07, 6.45) is 3.57. The number of hydrogen-bond acceptors (Lipinski definition) is 5. The molecule has 0 bridgehead atoms. The van der Waals surface area contributed by atoms with Crippen molar-refractivity contribution in [1.29, 1.82) is 0 Å². The van der Waals surface area contributed by atoms with Crippen LogP contribution >= 0.6 is 0 Å². The van der Waals surface area contributed by atoms with E-state index in [1.807, 2.05) is 0 Å². The highest BCUT2D eigenvalue weighted by molar-refractivity contribution is 6.43. The Kier molecular flexibility index (Phi) is 6.16. The molecule has 1 heterocycles. The summed E-state index contributed by atoms with van der Waals surface area (Å²) >= 11 is 0. The molecule has 1 atom stereocenters. The van der Waals surface area contributed by atoms with Gasteiger partial charge >= 0.3 is 0 Å². The minimum atomic E-state index is -0.736. The quantitative estimate of drug-likeness (QED) is 0.456. The maximum absolute atomic E-state index is 12.6. The van der Waals surface area contributed by atoms with E-state index in [0.29, 0.717) is 24.5 Å². The van der Waals surface area contributed by atoms with Gasteiger partial charge in [-0.3, -0.25) is 14.4 Å². The minimum Gasteiger partial charge on any atom is -0.493 e. The standard InChI is InChI=1S/C18H22N2O5/c1-3-10-25-15-11-12(7-8-14(15)24-2)16(21)18(23)20-9-5-4-6-13(20)17(19)22/h3,7-8,11,13H,1,4-6,9-10H2,2H3,(H2,19,22). The minimum absolute atomic E-state index is 0.165.